The maximum Gasteiger partial charge on any atom is 0.243 e. The zero-order chi connectivity index (χ0) is 24.1. The first-order chi connectivity index (χ1) is 17.1. The van der Waals surface area contributed by atoms with E-state index < -0.39 is 10.0 Å². The first kappa shape index (κ1) is 24.2. The Morgan fingerprint density at radius 3 is 2.46 bits per heavy atom. The van der Waals surface area contributed by atoms with Crippen LogP contribution in [0.15, 0.2) is 81.5 Å². The van der Waals surface area contributed by atoms with Crippen LogP contribution in [0.5, 0.6) is 0 Å². The SMILES string of the molecule is O=S(=O)(c1ccc(N=c2scc(-c3ccccc3)n2CCC2=CCCCC2)cc1)N1CCOCC1. The molecule has 1 fully saturated rings. The molecular formula is C27H31N3O3S2. The molecule has 184 valence electrons. The molecule has 1 aromatic heterocycles. The molecule has 8 heteroatoms. The van der Waals surface area contributed by atoms with Gasteiger partial charge in [0.1, 0.15) is 0 Å². The van der Waals surface area contributed by atoms with Gasteiger partial charge in [0.05, 0.1) is 29.5 Å². The van der Waals surface area contributed by atoms with Crippen molar-refractivity contribution in [1.82, 2.24) is 8.87 Å². The van der Waals surface area contributed by atoms with E-state index in [1.165, 1.54) is 41.1 Å². The highest BCUT2D eigenvalue weighted by atomic mass is 32.2. The average Bonchev–Trinajstić information content (AvgIpc) is 3.31. The van der Waals surface area contributed by atoms with E-state index in [0.717, 1.165) is 29.1 Å². The van der Waals surface area contributed by atoms with E-state index in [9.17, 15) is 8.42 Å². The van der Waals surface area contributed by atoms with Crippen LogP contribution in [0.3, 0.4) is 0 Å². The van der Waals surface area contributed by atoms with Gasteiger partial charge in [-0.1, -0.05) is 42.0 Å². The molecule has 5 rings (SSSR count). The molecule has 35 heavy (non-hydrogen) atoms. The highest BCUT2D eigenvalue weighted by molar-refractivity contribution is 7.89. The molecule has 0 bridgehead atoms. The highest BCUT2D eigenvalue weighted by Gasteiger charge is 2.26. The lowest BCUT2D eigenvalue weighted by atomic mass is 9.97. The topological polar surface area (TPSA) is 63.9 Å². The summed E-state index contributed by atoms with van der Waals surface area (Å²) in [6.45, 7) is 2.53. The first-order valence-electron chi connectivity index (χ1n) is 12.3. The van der Waals surface area contributed by atoms with Gasteiger partial charge >= 0.3 is 0 Å². The fraction of sp³-hybridized carbons (Fsp3) is 0.370. The molecule has 0 saturated carbocycles. The Morgan fingerprint density at radius 1 is 0.971 bits per heavy atom. The van der Waals surface area contributed by atoms with Gasteiger partial charge in [0, 0.05) is 25.0 Å². The average molecular weight is 510 g/mol. The predicted molar refractivity (Wildman–Crippen MR) is 140 cm³/mol. The second-order valence-electron chi connectivity index (χ2n) is 8.90. The van der Waals surface area contributed by atoms with Crippen LogP contribution in [0.1, 0.15) is 32.1 Å². The maximum absolute atomic E-state index is 12.9. The number of hydrogen-bond donors (Lipinski definition) is 0. The smallest absolute Gasteiger partial charge is 0.243 e. The molecule has 0 amide bonds. The number of benzene rings is 2. The zero-order valence-corrected chi connectivity index (χ0v) is 21.4. The minimum atomic E-state index is -3.51. The van der Waals surface area contributed by atoms with Crippen LogP contribution in [0, 0.1) is 0 Å². The van der Waals surface area contributed by atoms with Crippen molar-refractivity contribution in [2.45, 2.75) is 43.5 Å². The fourth-order valence-electron chi connectivity index (χ4n) is 4.60. The summed E-state index contributed by atoms with van der Waals surface area (Å²) in [6.07, 6.45) is 8.39. The summed E-state index contributed by atoms with van der Waals surface area (Å²) in [5, 5.41) is 2.17. The Bertz CT molecular complexity index is 1330. The van der Waals surface area contributed by atoms with Gasteiger partial charge in [0.25, 0.3) is 0 Å². The van der Waals surface area contributed by atoms with Crippen LogP contribution in [-0.2, 0) is 21.3 Å². The van der Waals surface area contributed by atoms with Crippen molar-refractivity contribution >= 4 is 27.0 Å². The molecule has 3 aromatic rings. The van der Waals surface area contributed by atoms with E-state index in [1.54, 1.807) is 35.6 Å². The molecule has 1 aliphatic carbocycles. The van der Waals surface area contributed by atoms with Gasteiger partial charge in [0.15, 0.2) is 4.80 Å². The minimum absolute atomic E-state index is 0.298. The van der Waals surface area contributed by atoms with Crippen molar-refractivity contribution in [1.29, 1.82) is 0 Å². The van der Waals surface area contributed by atoms with Crippen LogP contribution >= 0.6 is 11.3 Å². The lowest BCUT2D eigenvalue weighted by Crippen LogP contribution is -2.40. The van der Waals surface area contributed by atoms with Gasteiger partial charge in [-0.3, -0.25) is 0 Å². The number of sulfonamides is 1. The van der Waals surface area contributed by atoms with Gasteiger partial charge in [-0.15, -0.1) is 11.3 Å². The molecule has 1 saturated heterocycles. The number of nitrogens with zero attached hydrogens (tertiary/aromatic N) is 3. The monoisotopic (exact) mass is 509 g/mol. The second kappa shape index (κ2) is 11.0. The Hall–Kier alpha value is -2.52. The Morgan fingerprint density at radius 2 is 1.74 bits per heavy atom. The molecular weight excluding hydrogens is 478 g/mol. The summed E-state index contributed by atoms with van der Waals surface area (Å²) in [6, 6.07) is 17.3. The van der Waals surface area contributed by atoms with Crippen LogP contribution in [0.25, 0.3) is 11.3 Å². The van der Waals surface area contributed by atoms with Crippen molar-refractivity contribution in [3.63, 3.8) is 0 Å². The van der Waals surface area contributed by atoms with Crippen molar-refractivity contribution < 1.29 is 13.2 Å². The van der Waals surface area contributed by atoms with Gasteiger partial charge in [0.2, 0.25) is 10.0 Å². The van der Waals surface area contributed by atoms with Crippen LogP contribution in [-0.4, -0.2) is 43.6 Å². The number of thiazole rings is 1. The van der Waals surface area contributed by atoms with Gasteiger partial charge in [-0.2, -0.15) is 4.31 Å². The zero-order valence-electron chi connectivity index (χ0n) is 19.8. The van der Waals surface area contributed by atoms with Crippen molar-refractivity contribution in [2.24, 2.45) is 4.99 Å². The van der Waals surface area contributed by atoms with Crippen molar-refractivity contribution in [2.75, 3.05) is 26.3 Å². The summed E-state index contributed by atoms with van der Waals surface area (Å²) in [5.74, 6) is 0. The number of allylic oxidation sites excluding steroid dienone is 2. The Labute approximate surface area is 211 Å². The number of aromatic nitrogens is 1. The molecule has 0 atom stereocenters. The normalized spacial score (nSPS) is 17.9. The third-order valence-corrected chi connectivity index (χ3v) is 9.35. The van der Waals surface area contributed by atoms with E-state index >= 15 is 0 Å². The third-order valence-electron chi connectivity index (χ3n) is 6.58. The minimum Gasteiger partial charge on any atom is -0.379 e. The number of ether oxygens (including phenoxy) is 1. The maximum atomic E-state index is 12.9. The summed E-state index contributed by atoms with van der Waals surface area (Å²) >= 11 is 1.62. The molecule has 2 aromatic carbocycles. The number of morpholine rings is 1. The van der Waals surface area contributed by atoms with Crippen LogP contribution in [0.2, 0.25) is 0 Å². The van der Waals surface area contributed by atoms with Crippen LogP contribution < -0.4 is 4.80 Å². The second-order valence-corrected chi connectivity index (χ2v) is 11.7. The highest BCUT2D eigenvalue weighted by Crippen LogP contribution is 2.25. The summed E-state index contributed by atoms with van der Waals surface area (Å²) in [4.78, 5) is 6.14. The fourth-order valence-corrected chi connectivity index (χ4v) is 6.96. The molecule has 0 unspecified atom stereocenters. The first-order valence-corrected chi connectivity index (χ1v) is 14.6. The standard InChI is InChI=1S/C27H31N3O3S2/c31-35(32,29-17-19-33-20-18-29)25-13-11-24(12-14-25)28-27-30(16-15-22-7-3-1-4-8-22)26(21-34-27)23-9-5-2-6-10-23/h2,5-7,9-14,21H,1,3-4,8,15-20H2. The lowest BCUT2D eigenvalue weighted by Gasteiger charge is -2.26. The Kier molecular flexibility index (Phi) is 7.63. The van der Waals surface area contributed by atoms with Gasteiger partial charge < -0.3 is 9.30 Å². The summed E-state index contributed by atoms with van der Waals surface area (Å²) in [7, 11) is -3.51. The quantitative estimate of drug-likeness (QED) is 0.403. The van der Waals surface area contributed by atoms with Crippen LogP contribution in [0.4, 0.5) is 5.69 Å². The number of hydrogen-bond acceptors (Lipinski definition) is 5. The molecule has 6 nitrogen and oxygen atoms in total. The number of rotatable bonds is 7. The molecule has 2 heterocycles. The molecule has 2 aliphatic rings. The predicted octanol–water partition coefficient (Wildman–Crippen LogP) is 5.36. The van der Waals surface area contributed by atoms with E-state index in [4.69, 9.17) is 9.73 Å². The van der Waals surface area contributed by atoms with Gasteiger partial charge in [-0.25, -0.2) is 13.4 Å². The van der Waals surface area contributed by atoms with E-state index in [1.807, 2.05) is 6.07 Å². The summed E-state index contributed by atoms with van der Waals surface area (Å²) < 4.78 is 35.0. The molecule has 1 aliphatic heterocycles. The summed E-state index contributed by atoms with van der Waals surface area (Å²) in [5.41, 5.74) is 4.63. The molecule has 0 radical (unpaired) electrons. The van der Waals surface area contributed by atoms with E-state index in [0.29, 0.717) is 31.2 Å². The van der Waals surface area contributed by atoms with Gasteiger partial charge in [-0.05, 0) is 61.9 Å². The largest absolute Gasteiger partial charge is 0.379 e. The van der Waals surface area contributed by atoms with Crippen molar-refractivity contribution in [3.05, 3.63) is 76.4 Å². The van der Waals surface area contributed by atoms with Crippen molar-refractivity contribution in [3.8, 4) is 11.3 Å². The Balaban J connectivity index is 1.44. The molecule has 0 N–H and O–H groups in total. The lowest BCUT2D eigenvalue weighted by molar-refractivity contribution is 0.0730. The van der Waals surface area contributed by atoms with E-state index in [-0.39, 0.29) is 0 Å². The molecule has 0 spiro atoms. The van der Waals surface area contributed by atoms with E-state index in [2.05, 4.69) is 40.3 Å². The third kappa shape index (κ3) is 5.67.